The molecule has 2 heterocycles. The Labute approximate surface area is 166 Å². The van der Waals surface area contributed by atoms with Gasteiger partial charge in [-0.15, -0.1) is 0 Å². The Morgan fingerprint density at radius 1 is 1.26 bits per heavy atom. The van der Waals surface area contributed by atoms with Gasteiger partial charge in [0.1, 0.15) is 0 Å². The molecule has 1 aliphatic heterocycles. The van der Waals surface area contributed by atoms with Gasteiger partial charge < -0.3 is 16.0 Å². The van der Waals surface area contributed by atoms with Crippen molar-refractivity contribution in [3.8, 4) is 0 Å². The highest BCUT2D eigenvalue weighted by atomic mass is 32.1. The molecule has 3 N–H and O–H groups in total. The van der Waals surface area contributed by atoms with E-state index in [9.17, 15) is 4.79 Å². The van der Waals surface area contributed by atoms with Crippen molar-refractivity contribution < 1.29 is 4.79 Å². The van der Waals surface area contributed by atoms with Crippen LogP contribution in [0.4, 0.5) is 5.69 Å². The molecule has 0 saturated carbocycles. The van der Waals surface area contributed by atoms with Crippen LogP contribution in [-0.4, -0.2) is 36.4 Å². The Bertz CT molecular complexity index is 706. The van der Waals surface area contributed by atoms with Crippen molar-refractivity contribution in [2.24, 2.45) is 11.7 Å². The highest BCUT2D eigenvalue weighted by molar-refractivity contribution is 7.08. The minimum absolute atomic E-state index is 0.106. The quantitative estimate of drug-likeness (QED) is 0.654. The van der Waals surface area contributed by atoms with Crippen LogP contribution in [0.1, 0.15) is 55.1 Å². The van der Waals surface area contributed by atoms with Crippen LogP contribution < -0.4 is 11.1 Å². The third-order valence-corrected chi connectivity index (χ3v) is 6.47. The van der Waals surface area contributed by atoms with Crippen LogP contribution in [0.15, 0.2) is 41.1 Å². The number of hydrogen-bond donors (Lipinski definition) is 2. The molecular formula is C22H31N3OS. The zero-order valence-corrected chi connectivity index (χ0v) is 17.2. The molecule has 146 valence electrons. The lowest BCUT2D eigenvalue weighted by Gasteiger charge is -2.39. The number of likely N-dealkylation sites (tertiary alicyclic amines) is 1. The lowest BCUT2D eigenvalue weighted by atomic mass is 9.85. The first-order valence-electron chi connectivity index (χ1n) is 9.92. The van der Waals surface area contributed by atoms with Gasteiger partial charge in [0.25, 0.3) is 0 Å². The molecule has 27 heavy (non-hydrogen) atoms. The molecule has 2 atom stereocenters. The number of ketones is 1. The number of carbonyl (C=O) groups excluding carboxylic acids is 1. The van der Waals surface area contributed by atoms with Gasteiger partial charge in [0.15, 0.2) is 5.78 Å². The predicted molar refractivity (Wildman–Crippen MR) is 115 cm³/mol. The number of nitrogens with zero attached hydrogens (tertiary/aromatic N) is 1. The fourth-order valence-corrected chi connectivity index (χ4v) is 4.72. The van der Waals surface area contributed by atoms with Crippen LogP contribution in [0, 0.1) is 5.92 Å². The Balaban J connectivity index is 1.69. The van der Waals surface area contributed by atoms with E-state index in [4.69, 9.17) is 5.73 Å². The average molecular weight is 386 g/mol. The molecule has 0 spiro atoms. The molecule has 5 heteroatoms. The number of piperidine rings is 1. The molecule has 1 fully saturated rings. The number of nitrogens with two attached hydrogens (primary N) is 1. The number of hydrogen-bond acceptors (Lipinski definition) is 5. The van der Waals surface area contributed by atoms with E-state index in [0.717, 1.165) is 37.3 Å². The number of rotatable bonds is 8. The third-order valence-electron chi connectivity index (χ3n) is 5.77. The van der Waals surface area contributed by atoms with Gasteiger partial charge in [-0.05, 0) is 105 Å². The van der Waals surface area contributed by atoms with Crippen molar-refractivity contribution in [3.63, 3.8) is 0 Å². The summed E-state index contributed by atoms with van der Waals surface area (Å²) in [6, 6.07) is 11.0. The van der Waals surface area contributed by atoms with Crippen molar-refractivity contribution in [1.82, 2.24) is 4.90 Å². The van der Waals surface area contributed by atoms with Crippen molar-refractivity contribution in [2.45, 2.75) is 45.2 Å². The number of nitrogens with one attached hydrogen (secondary N) is 1. The van der Waals surface area contributed by atoms with E-state index in [2.05, 4.69) is 34.0 Å². The van der Waals surface area contributed by atoms with E-state index in [1.54, 1.807) is 18.3 Å². The summed E-state index contributed by atoms with van der Waals surface area (Å²) in [6.45, 7) is 6.93. The van der Waals surface area contributed by atoms with Crippen LogP contribution in [0.5, 0.6) is 0 Å². The van der Waals surface area contributed by atoms with E-state index < -0.39 is 0 Å². The molecule has 0 aliphatic carbocycles. The Hall–Kier alpha value is -1.69. The minimum Gasteiger partial charge on any atom is -0.378 e. The fraction of sp³-hybridized carbons (Fsp3) is 0.500. The molecule has 0 amide bonds. The van der Waals surface area contributed by atoms with E-state index in [1.165, 1.54) is 18.4 Å². The summed E-state index contributed by atoms with van der Waals surface area (Å²) in [5.74, 6) is 0.711. The number of benzene rings is 1. The zero-order valence-electron chi connectivity index (χ0n) is 16.4. The molecule has 1 aromatic heterocycles. The summed E-state index contributed by atoms with van der Waals surface area (Å²) in [7, 11) is 0. The first-order chi connectivity index (χ1) is 13.1. The van der Waals surface area contributed by atoms with E-state index in [1.807, 2.05) is 24.3 Å². The molecule has 4 nitrogen and oxygen atoms in total. The van der Waals surface area contributed by atoms with Crippen LogP contribution >= 0.6 is 11.3 Å². The summed E-state index contributed by atoms with van der Waals surface area (Å²) in [6.07, 6.45) is 3.45. The second-order valence-corrected chi connectivity index (χ2v) is 8.39. The minimum atomic E-state index is 0.106. The first-order valence-corrected chi connectivity index (χ1v) is 10.9. The maximum Gasteiger partial charge on any atom is 0.159 e. The molecule has 1 aromatic carbocycles. The Kier molecular flexibility index (Phi) is 7.05. The second kappa shape index (κ2) is 9.49. The maximum absolute atomic E-state index is 11.5. The van der Waals surface area contributed by atoms with Gasteiger partial charge in [0, 0.05) is 17.3 Å². The summed E-state index contributed by atoms with van der Waals surface area (Å²) in [4.78, 5) is 14.1. The van der Waals surface area contributed by atoms with Gasteiger partial charge in [-0.1, -0.05) is 0 Å². The molecular weight excluding hydrogens is 354 g/mol. The van der Waals surface area contributed by atoms with Crippen LogP contribution in [-0.2, 0) is 0 Å². The van der Waals surface area contributed by atoms with Gasteiger partial charge in [0.05, 0.1) is 6.04 Å². The van der Waals surface area contributed by atoms with Crippen LogP contribution in [0.3, 0.4) is 0 Å². The molecule has 1 saturated heterocycles. The normalized spacial score (nSPS) is 18.2. The largest absolute Gasteiger partial charge is 0.378 e. The highest BCUT2D eigenvalue weighted by Gasteiger charge is 2.29. The standard InChI is InChI=1S/C22H31N3OS/c1-16(7-11-23)25-12-8-19(9-13-25)22(20-10-14-27-15-20)24-21-5-3-18(4-6-21)17(2)26/h3-6,10,14-16,19,22,24H,7-9,11-13,23H2,1-2H3/t16-,22?/m1/s1. The van der Waals surface area contributed by atoms with Crippen molar-refractivity contribution in [3.05, 3.63) is 52.2 Å². The monoisotopic (exact) mass is 385 g/mol. The van der Waals surface area contributed by atoms with Crippen LogP contribution in [0.2, 0.25) is 0 Å². The molecule has 3 rings (SSSR count). The first kappa shape index (κ1) is 20.1. The second-order valence-electron chi connectivity index (χ2n) is 7.61. The van der Waals surface area contributed by atoms with Gasteiger partial charge >= 0.3 is 0 Å². The Morgan fingerprint density at radius 2 is 1.96 bits per heavy atom. The van der Waals surface area contributed by atoms with E-state index in [0.29, 0.717) is 18.0 Å². The molecule has 0 bridgehead atoms. The lowest BCUT2D eigenvalue weighted by Crippen LogP contribution is -2.42. The lowest BCUT2D eigenvalue weighted by molar-refractivity contribution is 0.101. The SMILES string of the molecule is CC(=O)c1ccc(NC(c2ccsc2)C2CCN([C@H](C)CCN)CC2)cc1. The predicted octanol–water partition coefficient (Wildman–Crippen LogP) is 4.55. The van der Waals surface area contributed by atoms with Gasteiger partial charge in [0.2, 0.25) is 0 Å². The fourth-order valence-electron chi connectivity index (χ4n) is 4.02. The topological polar surface area (TPSA) is 58.4 Å². The molecule has 1 aliphatic rings. The van der Waals surface area contributed by atoms with Crippen LogP contribution in [0.25, 0.3) is 0 Å². The smallest absolute Gasteiger partial charge is 0.159 e. The van der Waals surface area contributed by atoms with Gasteiger partial charge in [-0.3, -0.25) is 4.79 Å². The number of thiophene rings is 1. The third kappa shape index (κ3) is 5.18. The van der Waals surface area contributed by atoms with Gasteiger partial charge in [-0.25, -0.2) is 0 Å². The van der Waals surface area contributed by atoms with Crippen molar-refractivity contribution in [2.75, 3.05) is 25.0 Å². The Morgan fingerprint density at radius 3 is 2.52 bits per heavy atom. The van der Waals surface area contributed by atoms with E-state index in [-0.39, 0.29) is 5.78 Å². The number of carbonyl (C=O) groups is 1. The van der Waals surface area contributed by atoms with Crippen molar-refractivity contribution in [1.29, 1.82) is 0 Å². The highest BCUT2D eigenvalue weighted by Crippen LogP contribution is 2.35. The summed E-state index contributed by atoms with van der Waals surface area (Å²) in [5.41, 5.74) is 8.94. The number of Topliss-reactive ketones (excluding diaryl/α,β-unsaturated/α-hetero) is 1. The maximum atomic E-state index is 11.5. The van der Waals surface area contributed by atoms with Gasteiger partial charge in [-0.2, -0.15) is 11.3 Å². The number of anilines is 1. The van der Waals surface area contributed by atoms with Crippen molar-refractivity contribution >= 4 is 22.8 Å². The summed E-state index contributed by atoms with van der Waals surface area (Å²) in [5, 5.41) is 8.15. The zero-order chi connectivity index (χ0) is 19.2. The summed E-state index contributed by atoms with van der Waals surface area (Å²) < 4.78 is 0. The molecule has 1 unspecified atom stereocenters. The summed E-state index contributed by atoms with van der Waals surface area (Å²) >= 11 is 1.75. The molecule has 2 aromatic rings. The molecule has 0 radical (unpaired) electrons. The van der Waals surface area contributed by atoms with E-state index >= 15 is 0 Å². The average Bonchev–Trinajstić information content (AvgIpc) is 3.21.